The van der Waals surface area contributed by atoms with E-state index in [0.717, 1.165) is 0 Å². The van der Waals surface area contributed by atoms with Gasteiger partial charge in [0.2, 0.25) is 0 Å². The maximum Gasteiger partial charge on any atom is 0.109 e. The van der Waals surface area contributed by atoms with Gasteiger partial charge in [-0.25, -0.2) is 0 Å². The van der Waals surface area contributed by atoms with E-state index >= 15 is 0 Å². The lowest BCUT2D eigenvalue weighted by Crippen LogP contribution is -2.42. The van der Waals surface area contributed by atoms with Crippen molar-refractivity contribution in [3.05, 3.63) is 214 Å². The Balaban J connectivity index is 1.23. The number of hydrogen-bond acceptors (Lipinski definition) is 0. The molecule has 0 N–H and O–H groups in total. The molecule has 3 heteroatoms. The molecule has 0 saturated heterocycles. The molecule has 7 aromatic rings. The second-order valence-corrected chi connectivity index (χ2v) is 31.2. The first-order valence-corrected chi connectivity index (χ1v) is 30.0. The highest BCUT2D eigenvalue weighted by Gasteiger charge is 2.41. The molecule has 3 heterocycles. The van der Waals surface area contributed by atoms with Crippen LogP contribution in [-0.4, -0.2) is 24.2 Å². The van der Waals surface area contributed by atoms with Crippen molar-refractivity contribution in [3.8, 4) is 33.4 Å². The van der Waals surface area contributed by atoms with Gasteiger partial charge in [0.25, 0.3) is 0 Å². The third-order valence-electron chi connectivity index (χ3n) is 13.4. The van der Waals surface area contributed by atoms with Gasteiger partial charge in [-0.3, -0.25) is 0 Å². The van der Waals surface area contributed by atoms with Crippen LogP contribution in [0.1, 0.15) is 40.3 Å². The molecule has 3 aliphatic rings. The van der Waals surface area contributed by atoms with Crippen molar-refractivity contribution in [1.29, 1.82) is 0 Å². The molecule has 58 heavy (non-hydrogen) atoms. The monoisotopic (exact) mass is 794 g/mol. The zero-order valence-electron chi connectivity index (χ0n) is 34.7. The average molecular weight is 795 g/mol. The molecule has 0 fully saturated rings. The van der Waals surface area contributed by atoms with Crippen LogP contribution in [-0.2, 0) is 0 Å². The highest BCUT2D eigenvalue weighted by atomic mass is 28.3. The van der Waals surface area contributed by atoms with Gasteiger partial charge in [0.1, 0.15) is 24.2 Å². The summed E-state index contributed by atoms with van der Waals surface area (Å²) in [5.41, 5.74) is 25.8. The summed E-state index contributed by atoms with van der Waals surface area (Å²) in [5, 5.41) is 6.24. The van der Waals surface area contributed by atoms with E-state index in [2.05, 4.69) is 221 Å². The van der Waals surface area contributed by atoms with E-state index in [1.165, 1.54) is 83.5 Å². The normalized spacial score (nSPS) is 16.7. The van der Waals surface area contributed by atoms with Crippen molar-refractivity contribution in [2.45, 2.75) is 46.2 Å². The quantitative estimate of drug-likeness (QED) is 0.147. The first-order valence-electron chi connectivity index (χ1n) is 20.9. The molecule has 0 atom stereocenters. The first-order chi connectivity index (χ1) is 27.9. The summed E-state index contributed by atoms with van der Waals surface area (Å²) < 4.78 is 0. The Morgan fingerprint density at radius 1 is 0.310 bits per heavy atom. The molecule has 0 amide bonds. The van der Waals surface area contributed by atoms with E-state index in [1.807, 2.05) is 0 Å². The molecule has 0 nitrogen and oxygen atoms in total. The van der Waals surface area contributed by atoms with Crippen LogP contribution in [0.25, 0.3) is 50.1 Å². The largest absolute Gasteiger partial charge is 0.109 e. The van der Waals surface area contributed by atoms with Crippen molar-refractivity contribution < 1.29 is 0 Å². The van der Waals surface area contributed by atoms with E-state index < -0.39 is 24.2 Å². The predicted molar refractivity (Wildman–Crippen MR) is 259 cm³/mol. The Kier molecular flexibility index (Phi) is 8.54. The summed E-state index contributed by atoms with van der Waals surface area (Å²) in [4.78, 5) is 0. The summed E-state index contributed by atoms with van der Waals surface area (Å²) in [6, 6.07) is 62.0. The zero-order chi connectivity index (χ0) is 40.0. The Labute approximate surface area is 348 Å². The lowest BCUT2D eigenvalue weighted by Gasteiger charge is -2.25. The van der Waals surface area contributed by atoms with Crippen LogP contribution in [0.3, 0.4) is 0 Å². The summed E-state index contributed by atoms with van der Waals surface area (Å²) in [6.45, 7) is 17.7. The van der Waals surface area contributed by atoms with E-state index in [4.69, 9.17) is 0 Å². The van der Waals surface area contributed by atoms with Gasteiger partial charge in [-0.05, 0) is 124 Å². The molecular weight excluding hydrogens is 745 g/mol. The van der Waals surface area contributed by atoms with Crippen molar-refractivity contribution in [2.24, 2.45) is 0 Å². The Morgan fingerprint density at radius 2 is 0.655 bits per heavy atom. The second-order valence-electron chi connectivity index (χ2n) is 18.3. The van der Waals surface area contributed by atoms with Gasteiger partial charge >= 0.3 is 0 Å². The highest BCUT2D eigenvalue weighted by molar-refractivity contribution is 6.99. The number of benzene rings is 7. The number of allylic oxidation sites excluding steroid dienone is 1. The molecule has 10 rings (SSSR count). The van der Waals surface area contributed by atoms with Crippen LogP contribution < -0.4 is 15.6 Å². The number of fused-ring (bicyclic) bond motifs is 3. The maximum absolute atomic E-state index is 2.63. The molecule has 0 bridgehead atoms. The van der Waals surface area contributed by atoms with Crippen molar-refractivity contribution in [3.63, 3.8) is 0 Å². The van der Waals surface area contributed by atoms with Crippen LogP contribution in [0.15, 0.2) is 180 Å². The molecule has 0 spiro atoms. The van der Waals surface area contributed by atoms with Gasteiger partial charge in [0.15, 0.2) is 0 Å². The van der Waals surface area contributed by atoms with Crippen LogP contribution in [0.5, 0.6) is 0 Å². The molecule has 0 aliphatic carbocycles. The van der Waals surface area contributed by atoms with Gasteiger partial charge < -0.3 is 0 Å². The fraction of sp³-hybridized carbons (Fsp3) is 0.127. The minimum atomic E-state index is -2.03. The smallest absolute Gasteiger partial charge is 0.0818 e. The average Bonchev–Trinajstić information content (AvgIpc) is 3.78. The fourth-order valence-electron chi connectivity index (χ4n) is 10.6. The molecule has 0 unspecified atom stereocenters. The van der Waals surface area contributed by atoms with Crippen molar-refractivity contribution >= 4 is 56.5 Å². The molecule has 0 radical (unpaired) electrons. The molecular formula is C55H50Si3. The van der Waals surface area contributed by atoms with E-state index in [-0.39, 0.29) is 0 Å². The Morgan fingerprint density at radius 3 is 1.07 bits per heavy atom. The van der Waals surface area contributed by atoms with Gasteiger partial charge in [0, 0.05) is 0 Å². The van der Waals surface area contributed by atoms with E-state index in [0.29, 0.717) is 0 Å². The van der Waals surface area contributed by atoms with Crippen LogP contribution in [0, 0.1) is 0 Å². The summed E-state index contributed by atoms with van der Waals surface area (Å²) in [6.07, 6.45) is 0. The lowest BCUT2D eigenvalue weighted by molar-refractivity contribution is 1.53. The zero-order valence-corrected chi connectivity index (χ0v) is 37.7. The minimum absolute atomic E-state index is 1.31. The van der Waals surface area contributed by atoms with E-state index in [9.17, 15) is 0 Å². The fourth-order valence-corrected chi connectivity index (χ4v) is 19.7. The van der Waals surface area contributed by atoms with Gasteiger partial charge in [-0.15, -0.1) is 0 Å². The third kappa shape index (κ3) is 5.74. The second kappa shape index (κ2) is 13.5. The summed E-state index contributed by atoms with van der Waals surface area (Å²) >= 11 is 0. The third-order valence-corrected chi connectivity index (χ3v) is 23.0. The van der Waals surface area contributed by atoms with Crippen LogP contribution in [0.2, 0.25) is 39.3 Å². The standard InChI is InChI=1S/C55H50Si3/c1-37-52(40-24-15-10-16-25-40)49-31-19-28-46(55(49)58(37,6)7)43-33-41(44-26-17-29-47-50(35-56(2,3)53(44)47)38-20-11-8-12-21-38)32-42(34-43)45-27-18-30-48-51(36-57(4,5)54(45)48)39-22-13-9-14-23-39/h8-36H,1-7H3. The first kappa shape index (κ1) is 36.7. The Hall–Kier alpha value is -5.59. The molecule has 7 aromatic carbocycles. The minimum Gasteiger partial charge on any atom is -0.0818 e. The predicted octanol–water partition coefficient (Wildman–Crippen LogP) is 12.8. The SMILES string of the molecule is CC1=C(c2ccccc2)c2cccc(-c3cc(-c4cccc5c4[Si](C)(C)C=C5c4ccccc4)cc(-c4cccc5c4[Si](C)(C)C=C5c4ccccc4)c3)c2[Si]1(C)C. The number of hydrogen-bond donors (Lipinski definition) is 0. The summed E-state index contributed by atoms with van der Waals surface area (Å²) in [7, 11) is -5.97. The lowest BCUT2D eigenvalue weighted by atomic mass is 9.89. The van der Waals surface area contributed by atoms with E-state index in [1.54, 1.807) is 20.8 Å². The Bertz CT molecular complexity index is 2750. The van der Waals surface area contributed by atoms with Gasteiger partial charge in [0.05, 0.1) is 0 Å². The summed E-state index contributed by atoms with van der Waals surface area (Å²) in [5.74, 6) is 0. The molecule has 0 aromatic heterocycles. The van der Waals surface area contributed by atoms with Gasteiger partial charge in [-0.1, -0.05) is 201 Å². The van der Waals surface area contributed by atoms with Crippen molar-refractivity contribution in [1.82, 2.24) is 0 Å². The molecule has 282 valence electrons. The van der Waals surface area contributed by atoms with Gasteiger partial charge in [-0.2, -0.15) is 0 Å². The topological polar surface area (TPSA) is 0 Å². The molecule has 3 aliphatic heterocycles. The molecule has 0 saturated carbocycles. The van der Waals surface area contributed by atoms with Crippen LogP contribution >= 0.6 is 0 Å². The maximum atomic E-state index is 2.63. The highest BCUT2D eigenvalue weighted by Crippen LogP contribution is 2.44. The van der Waals surface area contributed by atoms with Crippen LogP contribution in [0.4, 0.5) is 0 Å². The van der Waals surface area contributed by atoms with Crippen molar-refractivity contribution in [2.75, 3.05) is 0 Å². The number of rotatable bonds is 6.